The Morgan fingerprint density at radius 2 is 1.54 bits per heavy atom. The zero-order chi connectivity index (χ0) is 19.8. The van der Waals surface area contributed by atoms with Gasteiger partial charge in [-0.1, -0.05) is 26.7 Å². The molecule has 0 aliphatic heterocycles. The molecule has 0 aromatic heterocycles. The lowest BCUT2D eigenvalue weighted by Gasteiger charge is -2.27. The third-order valence-electron chi connectivity index (χ3n) is 3.71. The number of esters is 2. The molecule has 0 spiro atoms. The van der Waals surface area contributed by atoms with Gasteiger partial charge in [0, 0.05) is 20.8 Å². The Balaban J connectivity index is 4.84. The molecule has 0 aromatic carbocycles. The summed E-state index contributed by atoms with van der Waals surface area (Å²) in [5.74, 6) is -0.931. The molecular weight excluding hydrogens is 358 g/mol. The highest BCUT2D eigenvalue weighted by Crippen LogP contribution is 2.08. The maximum atomic E-state index is 12.3. The van der Waals surface area contributed by atoms with E-state index in [1.54, 1.807) is 0 Å². The Hall–Kier alpha value is -1.00. The summed E-state index contributed by atoms with van der Waals surface area (Å²) in [6.07, 6.45) is 3.48. The quantitative estimate of drug-likeness (QED) is 0.241. The number of unbranched alkanes of at least 4 members (excludes halogenated alkanes) is 2. The van der Waals surface area contributed by atoms with E-state index in [9.17, 15) is 9.59 Å². The van der Waals surface area contributed by atoms with Gasteiger partial charge in [-0.25, -0.2) is 0 Å². The zero-order valence-corrected chi connectivity index (χ0v) is 17.8. The van der Waals surface area contributed by atoms with Gasteiger partial charge in [-0.2, -0.15) is 0 Å². The van der Waals surface area contributed by atoms with Gasteiger partial charge in [0.05, 0.1) is 25.8 Å². The topological polar surface area (TPSA) is 92.3 Å². The fourth-order valence-electron chi connectivity index (χ4n) is 2.08. The first-order valence-corrected chi connectivity index (χ1v) is 11.2. The number of ether oxygens (including phenoxy) is 2. The fourth-order valence-corrected chi connectivity index (χ4v) is 3.81. The van der Waals surface area contributed by atoms with Crippen molar-refractivity contribution in [2.45, 2.75) is 58.9 Å². The lowest BCUT2D eigenvalue weighted by Crippen LogP contribution is -2.56. The molecule has 0 radical (unpaired) electrons. The van der Waals surface area contributed by atoms with Crippen LogP contribution < -0.4 is 5.32 Å². The Morgan fingerprint density at radius 3 is 2.04 bits per heavy atom. The number of nitrogens with one attached hydrogen (secondary N) is 1. The average Bonchev–Trinajstić information content (AvgIpc) is 2.64. The minimum atomic E-state index is -2.94. The summed E-state index contributed by atoms with van der Waals surface area (Å²) in [6.45, 7) is 6.94. The van der Waals surface area contributed by atoms with Crippen LogP contribution >= 0.6 is 0 Å². The van der Waals surface area contributed by atoms with Gasteiger partial charge in [0.25, 0.3) is 0 Å². The van der Waals surface area contributed by atoms with Gasteiger partial charge in [0.15, 0.2) is 0 Å². The van der Waals surface area contributed by atoms with Gasteiger partial charge in [0.2, 0.25) is 0 Å². The highest BCUT2D eigenvalue weighted by Gasteiger charge is 2.40. The van der Waals surface area contributed by atoms with Crippen molar-refractivity contribution >= 4 is 20.7 Å². The fraction of sp³-hybridized carbons (Fsp3) is 0.882. The molecule has 1 atom stereocenters. The minimum Gasteiger partial charge on any atom is -0.466 e. The molecule has 0 saturated heterocycles. The monoisotopic (exact) mass is 393 g/mol. The molecule has 1 N–H and O–H groups in total. The summed E-state index contributed by atoms with van der Waals surface area (Å²) in [5.41, 5.74) is 0. The van der Waals surface area contributed by atoms with Crippen LogP contribution in [0.3, 0.4) is 0 Å². The third kappa shape index (κ3) is 10.2. The van der Waals surface area contributed by atoms with Crippen molar-refractivity contribution in [3.63, 3.8) is 0 Å². The zero-order valence-electron chi connectivity index (χ0n) is 16.8. The van der Waals surface area contributed by atoms with Crippen LogP contribution in [0.15, 0.2) is 0 Å². The van der Waals surface area contributed by atoms with Gasteiger partial charge in [-0.05, 0) is 19.8 Å². The van der Waals surface area contributed by atoms with E-state index in [-0.39, 0.29) is 12.6 Å². The summed E-state index contributed by atoms with van der Waals surface area (Å²) in [4.78, 5) is 24.3. The minimum absolute atomic E-state index is 0.112. The van der Waals surface area contributed by atoms with Crippen molar-refractivity contribution in [3.05, 3.63) is 0 Å². The van der Waals surface area contributed by atoms with E-state index in [4.69, 9.17) is 22.8 Å². The standard InChI is InChI=1S/C17H35NO7Si/c1-6-9-11-23-16(19)13-15(17(20)24-12-10-7-2)18-14-26(21-4,22-5)25-8-3/h15,18H,6-14H2,1-5H3. The van der Waals surface area contributed by atoms with E-state index in [1.807, 2.05) is 20.8 Å². The van der Waals surface area contributed by atoms with Gasteiger partial charge in [-0.15, -0.1) is 0 Å². The summed E-state index contributed by atoms with van der Waals surface area (Å²) >= 11 is 0. The lowest BCUT2D eigenvalue weighted by molar-refractivity contribution is -0.153. The van der Waals surface area contributed by atoms with E-state index >= 15 is 0 Å². The Bertz CT molecular complexity index is 391. The number of hydrogen-bond donors (Lipinski definition) is 1. The molecule has 8 nitrogen and oxygen atoms in total. The summed E-state index contributed by atoms with van der Waals surface area (Å²) < 4.78 is 26.8. The van der Waals surface area contributed by atoms with E-state index in [0.29, 0.717) is 19.8 Å². The molecule has 0 rings (SSSR count). The second-order valence-corrected chi connectivity index (χ2v) is 8.58. The van der Waals surface area contributed by atoms with E-state index in [1.165, 1.54) is 14.2 Å². The smallest absolute Gasteiger partial charge is 0.466 e. The third-order valence-corrected chi connectivity index (χ3v) is 6.32. The largest absolute Gasteiger partial charge is 0.514 e. The summed E-state index contributed by atoms with van der Waals surface area (Å²) in [5, 5.41) is 3.01. The predicted octanol–water partition coefficient (Wildman–Crippen LogP) is 1.83. The molecule has 0 aromatic rings. The van der Waals surface area contributed by atoms with Crippen molar-refractivity contribution in [2.24, 2.45) is 0 Å². The van der Waals surface area contributed by atoms with Crippen LogP contribution in [0, 0.1) is 0 Å². The van der Waals surface area contributed by atoms with Gasteiger partial charge >= 0.3 is 20.7 Å². The molecule has 0 aliphatic rings. The molecule has 154 valence electrons. The van der Waals surface area contributed by atoms with Crippen molar-refractivity contribution in [3.8, 4) is 0 Å². The van der Waals surface area contributed by atoms with Gasteiger partial charge < -0.3 is 22.8 Å². The Labute approximate surface area is 158 Å². The summed E-state index contributed by atoms with van der Waals surface area (Å²) in [7, 11) is 0.0579. The van der Waals surface area contributed by atoms with Crippen LogP contribution in [0.5, 0.6) is 0 Å². The predicted molar refractivity (Wildman–Crippen MR) is 99.5 cm³/mol. The van der Waals surface area contributed by atoms with Crippen molar-refractivity contribution < 1.29 is 32.3 Å². The molecular formula is C17H35NO7Si. The van der Waals surface area contributed by atoms with Crippen LogP contribution in [0.4, 0.5) is 0 Å². The first-order chi connectivity index (χ1) is 12.5. The van der Waals surface area contributed by atoms with Crippen molar-refractivity contribution in [1.82, 2.24) is 5.32 Å². The molecule has 0 heterocycles. The second kappa shape index (κ2) is 15.1. The van der Waals surface area contributed by atoms with E-state index in [0.717, 1.165) is 25.7 Å². The van der Waals surface area contributed by atoms with Crippen LogP contribution in [0.1, 0.15) is 52.9 Å². The van der Waals surface area contributed by atoms with Gasteiger partial charge in [0.1, 0.15) is 6.04 Å². The highest BCUT2D eigenvalue weighted by atomic mass is 28.4. The molecule has 0 aliphatic carbocycles. The second-order valence-electron chi connectivity index (χ2n) is 5.76. The normalized spacial score (nSPS) is 12.7. The number of carbonyl (C=O) groups excluding carboxylic acids is 2. The van der Waals surface area contributed by atoms with E-state index < -0.39 is 26.8 Å². The molecule has 0 bridgehead atoms. The van der Waals surface area contributed by atoms with Crippen LogP contribution in [-0.2, 0) is 32.3 Å². The molecule has 9 heteroatoms. The number of carbonyl (C=O) groups is 2. The maximum Gasteiger partial charge on any atom is 0.514 e. The molecule has 0 saturated carbocycles. The average molecular weight is 394 g/mol. The van der Waals surface area contributed by atoms with Crippen molar-refractivity contribution in [1.29, 1.82) is 0 Å². The first kappa shape index (κ1) is 25.0. The SMILES string of the molecule is CCCCOC(=O)CC(NC[Si](OC)(OC)OCC)C(=O)OCCCC. The highest BCUT2D eigenvalue weighted by molar-refractivity contribution is 6.60. The van der Waals surface area contributed by atoms with Crippen molar-refractivity contribution in [2.75, 3.05) is 40.2 Å². The molecule has 0 fully saturated rings. The van der Waals surface area contributed by atoms with Crippen LogP contribution in [-0.4, -0.2) is 67.0 Å². The Morgan fingerprint density at radius 1 is 0.962 bits per heavy atom. The number of hydrogen-bond acceptors (Lipinski definition) is 8. The van der Waals surface area contributed by atoms with Crippen LogP contribution in [0.25, 0.3) is 0 Å². The molecule has 26 heavy (non-hydrogen) atoms. The van der Waals surface area contributed by atoms with Gasteiger partial charge in [-0.3, -0.25) is 14.9 Å². The maximum absolute atomic E-state index is 12.3. The lowest BCUT2D eigenvalue weighted by atomic mass is 10.2. The number of rotatable bonds is 16. The van der Waals surface area contributed by atoms with E-state index in [2.05, 4.69) is 5.32 Å². The molecule has 1 unspecified atom stereocenters. The summed E-state index contributed by atoms with van der Waals surface area (Å²) in [6, 6.07) is -0.835. The molecule has 0 amide bonds. The Kier molecular flexibility index (Phi) is 14.5. The van der Waals surface area contributed by atoms with Crippen LogP contribution in [0.2, 0.25) is 0 Å². The first-order valence-electron chi connectivity index (χ1n) is 9.28.